The number of aromatic nitrogens is 3. The first-order chi connectivity index (χ1) is 20.2. The summed E-state index contributed by atoms with van der Waals surface area (Å²) < 4.78 is 0. The molecule has 0 saturated carbocycles. The zero-order valence-electron chi connectivity index (χ0n) is 22.1. The van der Waals surface area contributed by atoms with Crippen LogP contribution in [-0.2, 0) is 0 Å². The Kier molecular flexibility index (Phi) is 6.26. The second-order valence-electron chi connectivity index (χ2n) is 9.88. The highest BCUT2D eigenvalue weighted by Crippen LogP contribution is 2.40. The molecular weight excluding hydrogens is 502 g/mol. The van der Waals surface area contributed by atoms with Crippen LogP contribution in [0.25, 0.3) is 67.2 Å². The second kappa shape index (κ2) is 10.5. The highest BCUT2D eigenvalue weighted by Gasteiger charge is 2.19. The molecule has 0 unspecified atom stereocenters. The van der Waals surface area contributed by atoms with Crippen molar-refractivity contribution in [3.63, 3.8) is 0 Å². The molecule has 0 aliphatic heterocycles. The molecule has 0 spiro atoms. The standard InChI is InChI=1S/C37H25N3O/c41-34-24-29-19-11-10-18-28(29)22-32(34)31-21-20-30(25-12-4-1-5-13-25)23-33(31)37-39-35(26-14-6-2-7-15-26)38-36(40-37)27-16-8-3-9-17-27/h1-24,41H. The first-order valence-corrected chi connectivity index (χ1v) is 13.5. The Labute approximate surface area is 238 Å². The van der Waals surface area contributed by atoms with E-state index >= 15 is 0 Å². The van der Waals surface area contributed by atoms with Crippen LogP contribution in [0.15, 0.2) is 146 Å². The van der Waals surface area contributed by atoms with E-state index in [0.717, 1.165) is 49.7 Å². The second-order valence-corrected chi connectivity index (χ2v) is 9.88. The van der Waals surface area contributed by atoms with Crippen molar-refractivity contribution in [3.05, 3.63) is 146 Å². The van der Waals surface area contributed by atoms with E-state index in [1.807, 2.05) is 109 Å². The number of rotatable bonds is 5. The lowest BCUT2D eigenvalue weighted by Gasteiger charge is -2.15. The number of fused-ring (bicyclic) bond motifs is 1. The average Bonchev–Trinajstić information content (AvgIpc) is 3.05. The predicted molar refractivity (Wildman–Crippen MR) is 166 cm³/mol. The quantitative estimate of drug-likeness (QED) is 0.243. The molecule has 6 aromatic carbocycles. The minimum atomic E-state index is 0.207. The van der Waals surface area contributed by atoms with Gasteiger partial charge in [0.1, 0.15) is 5.75 Å². The summed E-state index contributed by atoms with van der Waals surface area (Å²) in [7, 11) is 0. The van der Waals surface area contributed by atoms with Crippen molar-refractivity contribution in [2.45, 2.75) is 0 Å². The summed E-state index contributed by atoms with van der Waals surface area (Å²) >= 11 is 0. The average molecular weight is 528 g/mol. The van der Waals surface area contributed by atoms with Crippen molar-refractivity contribution in [3.8, 4) is 62.2 Å². The Morgan fingerprint density at radius 1 is 0.341 bits per heavy atom. The molecule has 1 heterocycles. The zero-order chi connectivity index (χ0) is 27.6. The van der Waals surface area contributed by atoms with Crippen molar-refractivity contribution < 1.29 is 5.11 Å². The molecule has 7 rings (SSSR count). The van der Waals surface area contributed by atoms with Gasteiger partial charge in [0, 0.05) is 22.3 Å². The molecule has 0 fully saturated rings. The number of aromatic hydroxyl groups is 1. The van der Waals surface area contributed by atoms with Crippen LogP contribution >= 0.6 is 0 Å². The van der Waals surface area contributed by atoms with Crippen molar-refractivity contribution in [2.24, 2.45) is 0 Å². The molecule has 0 aliphatic rings. The normalized spacial score (nSPS) is 11.0. The van der Waals surface area contributed by atoms with E-state index in [-0.39, 0.29) is 5.75 Å². The van der Waals surface area contributed by atoms with Gasteiger partial charge in [-0.3, -0.25) is 0 Å². The van der Waals surface area contributed by atoms with Crippen molar-refractivity contribution >= 4 is 10.8 Å². The van der Waals surface area contributed by atoms with Gasteiger partial charge < -0.3 is 5.11 Å². The number of nitrogens with zero attached hydrogens (tertiary/aromatic N) is 3. The van der Waals surface area contributed by atoms with Gasteiger partial charge in [0.05, 0.1) is 0 Å². The Morgan fingerprint density at radius 3 is 1.41 bits per heavy atom. The van der Waals surface area contributed by atoms with Crippen molar-refractivity contribution in [1.29, 1.82) is 0 Å². The van der Waals surface area contributed by atoms with Crippen LogP contribution in [0.4, 0.5) is 0 Å². The van der Waals surface area contributed by atoms with E-state index in [9.17, 15) is 5.11 Å². The molecular formula is C37H25N3O. The fourth-order valence-electron chi connectivity index (χ4n) is 5.15. The highest BCUT2D eigenvalue weighted by atomic mass is 16.3. The molecule has 0 saturated heterocycles. The lowest BCUT2D eigenvalue weighted by Crippen LogP contribution is -2.01. The Hall–Kier alpha value is -5.61. The first kappa shape index (κ1) is 24.4. The van der Waals surface area contributed by atoms with Crippen LogP contribution in [-0.4, -0.2) is 20.1 Å². The van der Waals surface area contributed by atoms with Gasteiger partial charge in [-0.15, -0.1) is 0 Å². The van der Waals surface area contributed by atoms with Crippen LogP contribution in [0, 0.1) is 0 Å². The van der Waals surface area contributed by atoms with Crippen LogP contribution in [0.1, 0.15) is 0 Å². The molecule has 4 heteroatoms. The Morgan fingerprint density at radius 2 is 0.829 bits per heavy atom. The Balaban J connectivity index is 1.51. The maximum absolute atomic E-state index is 11.2. The van der Waals surface area contributed by atoms with E-state index in [1.165, 1.54) is 0 Å². The van der Waals surface area contributed by atoms with Crippen LogP contribution in [0.2, 0.25) is 0 Å². The predicted octanol–water partition coefficient (Wildman–Crippen LogP) is 9.07. The maximum atomic E-state index is 11.2. The van der Waals surface area contributed by atoms with Gasteiger partial charge in [-0.2, -0.15) is 0 Å². The van der Waals surface area contributed by atoms with E-state index < -0.39 is 0 Å². The maximum Gasteiger partial charge on any atom is 0.164 e. The molecule has 1 aromatic heterocycles. The summed E-state index contributed by atoms with van der Waals surface area (Å²) in [6.45, 7) is 0. The fraction of sp³-hybridized carbons (Fsp3) is 0. The smallest absolute Gasteiger partial charge is 0.164 e. The number of phenolic OH excluding ortho intramolecular Hbond substituents is 1. The number of hydrogen-bond acceptors (Lipinski definition) is 4. The molecule has 1 N–H and O–H groups in total. The third-order valence-corrected chi connectivity index (χ3v) is 7.22. The van der Waals surface area contributed by atoms with Gasteiger partial charge in [0.2, 0.25) is 0 Å². The van der Waals surface area contributed by atoms with Gasteiger partial charge in [-0.25, -0.2) is 15.0 Å². The third-order valence-electron chi connectivity index (χ3n) is 7.22. The minimum absolute atomic E-state index is 0.207. The molecule has 0 amide bonds. The molecule has 4 nitrogen and oxygen atoms in total. The molecule has 0 bridgehead atoms. The van der Waals surface area contributed by atoms with Crippen LogP contribution < -0.4 is 0 Å². The van der Waals surface area contributed by atoms with Gasteiger partial charge in [0.15, 0.2) is 17.5 Å². The molecule has 7 aromatic rings. The summed E-state index contributed by atoms with van der Waals surface area (Å²) in [5.74, 6) is 1.93. The van der Waals surface area contributed by atoms with E-state index in [0.29, 0.717) is 17.5 Å². The minimum Gasteiger partial charge on any atom is -0.507 e. The van der Waals surface area contributed by atoms with E-state index in [2.05, 4.69) is 36.4 Å². The summed E-state index contributed by atoms with van der Waals surface area (Å²) in [6, 6.07) is 48.3. The first-order valence-electron chi connectivity index (χ1n) is 13.5. The van der Waals surface area contributed by atoms with Gasteiger partial charge in [-0.1, -0.05) is 127 Å². The molecule has 0 radical (unpaired) electrons. The SMILES string of the molecule is Oc1cc2ccccc2cc1-c1ccc(-c2ccccc2)cc1-c1nc(-c2ccccc2)nc(-c2ccccc2)n1. The number of benzene rings is 6. The lowest BCUT2D eigenvalue weighted by atomic mass is 9.92. The van der Waals surface area contributed by atoms with Crippen molar-refractivity contribution in [2.75, 3.05) is 0 Å². The number of hydrogen-bond donors (Lipinski definition) is 1. The van der Waals surface area contributed by atoms with Crippen LogP contribution in [0.3, 0.4) is 0 Å². The Bertz CT molecular complexity index is 1930. The van der Waals surface area contributed by atoms with Crippen LogP contribution in [0.5, 0.6) is 5.75 Å². The largest absolute Gasteiger partial charge is 0.507 e. The van der Waals surface area contributed by atoms with Crippen molar-refractivity contribution in [1.82, 2.24) is 15.0 Å². The molecule has 0 aliphatic carbocycles. The monoisotopic (exact) mass is 527 g/mol. The molecule has 0 atom stereocenters. The zero-order valence-corrected chi connectivity index (χ0v) is 22.1. The summed E-state index contributed by atoms with van der Waals surface area (Å²) in [6.07, 6.45) is 0. The summed E-state index contributed by atoms with van der Waals surface area (Å²) in [4.78, 5) is 14.9. The molecule has 41 heavy (non-hydrogen) atoms. The number of phenols is 1. The highest BCUT2D eigenvalue weighted by molar-refractivity contribution is 5.95. The summed E-state index contributed by atoms with van der Waals surface area (Å²) in [5, 5.41) is 13.3. The molecule has 194 valence electrons. The summed E-state index contributed by atoms with van der Waals surface area (Å²) in [5.41, 5.74) is 6.31. The third kappa shape index (κ3) is 4.83. The fourth-order valence-corrected chi connectivity index (χ4v) is 5.15. The van der Waals surface area contributed by atoms with Gasteiger partial charge in [0.25, 0.3) is 0 Å². The van der Waals surface area contributed by atoms with E-state index in [1.54, 1.807) is 0 Å². The lowest BCUT2D eigenvalue weighted by molar-refractivity contribution is 0.478. The van der Waals surface area contributed by atoms with Gasteiger partial charge >= 0.3 is 0 Å². The topological polar surface area (TPSA) is 58.9 Å². The van der Waals surface area contributed by atoms with E-state index in [4.69, 9.17) is 15.0 Å². The van der Waals surface area contributed by atoms with Gasteiger partial charge in [-0.05, 0) is 45.7 Å².